The van der Waals surface area contributed by atoms with Gasteiger partial charge in [0.15, 0.2) is 0 Å². The first-order chi connectivity index (χ1) is 9.31. The van der Waals surface area contributed by atoms with Crippen molar-refractivity contribution in [2.75, 3.05) is 12.4 Å². The lowest BCUT2D eigenvalue weighted by atomic mass is 9.93. The maximum Gasteiger partial charge on any atom is 0.238 e. The first kappa shape index (κ1) is 12.7. The van der Waals surface area contributed by atoms with Crippen molar-refractivity contribution in [3.63, 3.8) is 0 Å². The first-order valence-electron chi connectivity index (χ1n) is 6.28. The fraction of sp³-hybridized carbons (Fsp3) is 0.267. The third kappa shape index (κ3) is 2.28. The number of hydrogen-bond donors (Lipinski definition) is 0. The number of fused-ring (bicyclic) bond motifs is 1. The molecule has 2 heterocycles. The van der Waals surface area contributed by atoms with Crippen LogP contribution in [0.4, 0.5) is 0 Å². The Kier molecular flexibility index (Phi) is 3.58. The van der Waals surface area contributed by atoms with Crippen molar-refractivity contribution in [1.82, 2.24) is 4.90 Å². The second-order valence-electron chi connectivity index (χ2n) is 4.58. The van der Waals surface area contributed by atoms with E-state index in [4.69, 9.17) is 11.6 Å². The van der Waals surface area contributed by atoms with Crippen LogP contribution in [0.25, 0.3) is 0 Å². The number of thiophene rings is 1. The molecule has 0 fully saturated rings. The zero-order chi connectivity index (χ0) is 13.2. The van der Waals surface area contributed by atoms with Crippen LogP contribution in [0.3, 0.4) is 0 Å². The van der Waals surface area contributed by atoms with Gasteiger partial charge in [0.2, 0.25) is 5.91 Å². The van der Waals surface area contributed by atoms with Gasteiger partial charge >= 0.3 is 0 Å². The van der Waals surface area contributed by atoms with Gasteiger partial charge in [0.1, 0.15) is 5.88 Å². The minimum absolute atomic E-state index is 0.00682. The molecule has 2 aromatic rings. The predicted molar refractivity (Wildman–Crippen MR) is 78.7 cm³/mol. The molecule has 0 saturated heterocycles. The number of carbonyl (C=O) groups is 1. The molecule has 0 bridgehead atoms. The number of carbonyl (C=O) groups excluding carboxylic acids is 1. The van der Waals surface area contributed by atoms with E-state index in [2.05, 4.69) is 23.6 Å². The standard InChI is InChI=1S/C15H14ClNOS/c16-10-14(18)17-8-6-13-12(7-9-19-13)15(17)11-4-2-1-3-5-11/h1-5,7,9,15H,6,8,10H2/t15-/m0/s1. The summed E-state index contributed by atoms with van der Waals surface area (Å²) in [5, 5.41) is 2.11. The highest BCUT2D eigenvalue weighted by Gasteiger charge is 2.31. The lowest BCUT2D eigenvalue weighted by molar-refractivity contribution is -0.130. The Morgan fingerprint density at radius 2 is 2.11 bits per heavy atom. The molecular weight excluding hydrogens is 278 g/mol. The van der Waals surface area contributed by atoms with Gasteiger partial charge in [0, 0.05) is 11.4 Å². The molecule has 0 saturated carbocycles. The Bertz CT molecular complexity index is 581. The highest BCUT2D eigenvalue weighted by atomic mass is 35.5. The van der Waals surface area contributed by atoms with E-state index in [1.807, 2.05) is 23.1 Å². The van der Waals surface area contributed by atoms with Crippen LogP contribution >= 0.6 is 22.9 Å². The monoisotopic (exact) mass is 291 g/mol. The number of halogens is 1. The van der Waals surface area contributed by atoms with Crippen molar-refractivity contribution < 1.29 is 4.79 Å². The van der Waals surface area contributed by atoms with Crippen molar-refractivity contribution in [2.45, 2.75) is 12.5 Å². The minimum Gasteiger partial charge on any atom is -0.330 e. The van der Waals surface area contributed by atoms with E-state index >= 15 is 0 Å². The van der Waals surface area contributed by atoms with Gasteiger partial charge in [0.05, 0.1) is 6.04 Å². The molecule has 19 heavy (non-hydrogen) atoms. The average molecular weight is 292 g/mol. The topological polar surface area (TPSA) is 20.3 Å². The molecule has 3 rings (SSSR count). The summed E-state index contributed by atoms with van der Waals surface area (Å²) < 4.78 is 0. The van der Waals surface area contributed by atoms with E-state index in [-0.39, 0.29) is 17.8 Å². The van der Waals surface area contributed by atoms with Crippen LogP contribution in [-0.2, 0) is 11.2 Å². The van der Waals surface area contributed by atoms with Gasteiger partial charge < -0.3 is 4.90 Å². The van der Waals surface area contributed by atoms with Gasteiger partial charge in [0.25, 0.3) is 0 Å². The van der Waals surface area contributed by atoms with Gasteiger partial charge in [-0.15, -0.1) is 22.9 Å². The predicted octanol–water partition coefficient (Wildman–Crippen LogP) is 3.46. The van der Waals surface area contributed by atoms with Gasteiger partial charge in [-0.1, -0.05) is 30.3 Å². The number of rotatable bonds is 2. The number of nitrogens with zero attached hydrogens (tertiary/aromatic N) is 1. The molecule has 1 aromatic carbocycles. The molecule has 1 atom stereocenters. The maximum absolute atomic E-state index is 12.1. The van der Waals surface area contributed by atoms with Crippen molar-refractivity contribution in [2.24, 2.45) is 0 Å². The van der Waals surface area contributed by atoms with Crippen LogP contribution in [-0.4, -0.2) is 23.2 Å². The van der Waals surface area contributed by atoms with Crippen molar-refractivity contribution in [1.29, 1.82) is 0 Å². The third-order valence-corrected chi connectivity index (χ3v) is 4.74. The van der Waals surface area contributed by atoms with Crippen LogP contribution in [0.15, 0.2) is 41.8 Å². The fourth-order valence-electron chi connectivity index (χ4n) is 2.66. The minimum atomic E-state index is 0.00682. The van der Waals surface area contributed by atoms with Crippen LogP contribution in [0.1, 0.15) is 22.0 Å². The van der Waals surface area contributed by atoms with E-state index < -0.39 is 0 Å². The molecule has 4 heteroatoms. The average Bonchev–Trinajstić information content (AvgIpc) is 2.94. The molecule has 1 aromatic heterocycles. The quantitative estimate of drug-likeness (QED) is 0.776. The zero-order valence-electron chi connectivity index (χ0n) is 10.4. The van der Waals surface area contributed by atoms with E-state index in [1.54, 1.807) is 11.3 Å². The molecule has 0 unspecified atom stereocenters. The van der Waals surface area contributed by atoms with E-state index in [1.165, 1.54) is 10.4 Å². The van der Waals surface area contributed by atoms with Crippen LogP contribution in [0, 0.1) is 0 Å². The summed E-state index contributed by atoms with van der Waals surface area (Å²) in [6.07, 6.45) is 0.930. The second-order valence-corrected chi connectivity index (χ2v) is 5.85. The van der Waals surface area contributed by atoms with E-state index in [9.17, 15) is 4.79 Å². The number of amides is 1. The smallest absolute Gasteiger partial charge is 0.238 e. The lowest BCUT2D eigenvalue weighted by Crippen LogP contribution is -2.40. The van der Waals surface area contributed by atoms with Gasteiger partial charge in [-0.2, -0.15) is 0 Å². The van der Waals surface area contributed by atoms with Crippen LogP contribution in [0.2, 0.25) is 0 Å². The molecule has 1 aliphatic rings. The summed E-state index contributed by atoms with van der Waals surface area (Å²) in [7, 11) is 0. The first-order valence-corrected chi connectivity index (χ1v) is 7.69. The SMILES string of the molecule is O=C(CCl)N1CCc2sccc2[C@@H]1c1ccccc1. The van der Waals surface area contributed by atoms with Crippen molar-refractivity contribution in [3.05, 3.63) is 57.8 Å². The summed E-state index contributed by atoms with van der Waals surface area (Å²) in [4.78, 5) is 15.4. The molecule has 1 aliphatic heterocycles. The fourth-order valence-corrected chi connectivity index (χ4v) is 3.71. The van der Waals surface area contributed by atoms with Gasteiger partial charge in [-0.05, 0) is 29.0 Å². The third-order valence-electron chi connectivity index (χ3n) is 3.52. The molecule has 0 radical (unpaired) electrons. The summed E-state index contributed by atoms with van der Waals surface area (Å²) >= 11 is 7.52. The summed E-state index contributed by atoms with van der Waals surface area (Å²) in [5.41, 5.74) is 2.40. The Morgan fingerprint density at radius 3 is 2.84 bits per heavy atom. The van der Waals surface area contributed by atoms with Crippen LogP contribution < -0.4 is 0 Å². The molecule has 0 aliphatic carbocycles. The van der Waals surface area contributed by atoms with Gasteiger partial charge in [-0.3, -0.25) is 4.79 Å². The molecule has 1 amide bonds. The molecular formula is C15H14ClNOS. The van der Waals surface area contributed by atoms with Gasteiger partial charge in [-0.25, -0.2) is 0 Å². The Labute approximate surface area is 121 Å². The summed E-state index contributed by atoms with van der Waals surface area (Å²) in [6.45, 7) is 0.749. The maximum atomic E-state index is 12.1. The molecule has 0 N–H and O–H groups in total. The van der Waals surface area contributed by atoms with E-state index in [0.717, 1.165) is 18.5 Å². The molecule has 98 valence electrons. The highest BCUT2D eigenvalue weighted by molar-refractivity contribution is 7.10. The Morgan fingerprint density at radius 1 is 1.32 bits per heavy atom. The highest BCUT2D eigenvalue weighted by Crippen LogP contribution is 2.37. The zero-order valence-corrected chi connectivity index (χ0v) is 12.0. The van der Waals surface area contributed by atoms with Crippen LogP contribution in [0.5, 0.6) is 0 Å². The Balaban J connectivity index is 2.07. The summed E-state index contributed by atoms with van der Waals surface area (Å²) in [5.74, 6) is 0.0513. The largest absolute Gasteiger partial charge is 0.330 e. The number of alkyl halides is 1. The lowest BCUT2D eigenvalue weighted by Gasteiger charge is -2.36. The van der Waals surface area contributed by atoms with Crippen molar-refractivity contribution in [3.8, 4) is 0 Å². The second kappa shape index (κ2) is 5.35. The number of hydrogen-bond acceptors (Lipinski definition) is 2. The molecule has 0 spiro atoms. The van der Waals surface area contributed by atoms with Crippen molar-refractivity contribution >= 4 is 28.8 Å². The number of benzene rings is 1. The van der Waals surface area contributed by atoms with E-state index in [0.29, 0.717) is 0 Å². The normalized spacial score (nSPS) is 18.2. The Hall–Kier alpha value is -1.32. The molecule has 2 nitrogen and oxygen atoms in total. The summed E-state index contributed by atoms with van der Waals surface area (Å²) in [6, 6.07) is 12.3.